The van der Waals surface area contributed by atoms with Gasteiger partial charge in [-0.05, 0) is 23.8 Å². The van der Waals surface area contributed by atoms with E-state index in [1.54, 1.807) is 12.1 Å². The van der Waals surface area contributed by atoms with Gasteiger partial charge < -0.3 is 9.94 Å². The molecule has 1 aliphatic rings. The molecule has 0 saturated carbocycles. The van der Waals surface area contributed by atoms with E-state index in [0.29, 0.717) is 16.8 Å². The predicted molar refractivity (Wildman–Crippen MR) is 65.3 cm³/mol. The van der Waals surface area contributed by atoms with E-state index in [-0.39, 0.29) is 16.7 Å². The summed E-state index contributed by atoms with van der Waals surface area (Å²) in [5.41, 5.74) is 1.32. The fraction of sp³-hybridized carbons (Fsp3) is 0.0909. The lowest BCUT2D eigenvalue weighted by Gasteiger charge is -1.99. The monoisotopic (exact) mass is 271 g/mol. The van der Waals surface area contributed by atoms with Crippen molar-refractivity contribution in [1.29, 1.82) is 0 Å². The molecule has 0 unspecified atom stereocenters. The first kappa shape index (κ1) is 12.0. The van der Waals surface area contributed by atoms with E-state index in [2.05, 4.69) is 9.99 Å². The van der Waals surface area contributed by atoms with Gasteiger partial charge in [-0.1, -0.05) is 22.8 Å². The van der Waals surface area contributed by atoms with Crippen LogP contribution in [-0.4, -0.2) is 22.7 Å². The van der Waals surface area contributed by atoms with Crippen LogP contribution in [0.4, 0.5) is 0 Å². The summed E-state index contributed by atoms with van der Waals surface area (Å²) in [4.78, 5) is 15.9. The van der Waals surface area contributed by atoms with Crippen LogP contribution in [0.1, 0.15) is 5.56 Å². The van der Waals surface area contributed by atoms with Crippen molar-refractivity contribution in [2.24, 2.45) is 5.16 Å². The minimum atomic E-state index is -0.551. The Morgan fingerprint density at radius 2 is 2.24 bits per heavy atom. The fourth-order valence-corrected chi connectivity index (χ4v) is 1.71. The molecule has 0 amide bonds. The standard InChI is InChI=1S/C11H7Cl2NO3/c12-5-9-7(11(16)17-14-9)3-6-1-2-10(15)8(13)4-6/h1-4,15H,5H2/b7-3+. The summed E-state index contributed by atoms with van der Waals surface area (Å²) in [6.45, 7) is 0. The van der Waals surface area contributed by atoms with Crippen molar-refractivity contribution in [3.63, 3.8) is 0 Å². The summed E-state index contributed by atoms with van der Waals surface area (Å²) in [7, 11) is 0. The van der Waals surface area contributed by atoms with Gasteiger partial charge in [-0.3, -0.25) is 0 Å². The average Bonchev–Trinajstić information content (AvgIpc) is 2.65. The van der Waals surface area contributed by atoms with Gasteiger partial charge in [-0.15, -0.1) is 11.6 Å². The third-order valence-electron chi connectivity index (χ3n) is 2.18. The molecule has 88 valence electrons. The van der Waals surface area contributed by atoms with Gasteiger partial charge >= 0.3 is 5.97 Å². The summed E-state index contributed by atoms with van der Waals surface area (Å²) in [5, 5.41) is 13.0. The number of hydrogen-bond donors (Lipinski definition) is 1. The summed E-state index contributed by atoms with van der Waals surface area (Å²) in [5.74, 6) is -0.484. The van der Waals surface area contributed by atoms with Crippen molar-refractivity contribution in [2.75, 3.05) is 5.88 Å². The molecular formula is C11H7Cl2NO3. The van der Waals surface area contributed by atoms with E-state index in [9.17, 15) is 9.90 Å². The Morgan fingerprint density at radius 1 is 1.47 bits per heavy atom. The molecule has 0 spiro atoms. The zero-order valence-corrected chi connectivity index (χ0v) is 10.00. The first-order chi connectivity index (χ1) is 8.11. The zero-order valence-electron chi connectivity index (χ0n) is 8.48. The molecule has 4 nitrogen and oxygen atoms in total. The van der Waals surface area contributed by atoms with Crippen molar-refractivity contribution in [3.05, 3.63) is 34.4 Å². The van der Waals surface area contributed by atoms with E-state index in [1.807, 2.05) is 0 Å². The molecule has 0 aliphatic carbocycles. The summed E-state index contributed by atoms with van der Waals surface area (Å²) in [6.07, 6.45) is 1.56. The van der Waals surface area contributed by atoms with E-state index in [0.717, 1.165) is 0 Å². The molecule has 0 radical (unpaired) electrons. The van der Waals surface area contributed by atoms with Crippen molar-refractivity contribution in [1.82, 2.24) is 0 Å². The highest BCUT2D eigenvalue weighted by Crippen LogP contribution is 2.25. The van der Waals surface area contributed by atoms with Gasteiger partial charge in [0.15, 0.2) is 0 Å². The lowest BCUT2D eigenvalue weighted by atomic mass is 10.1. The Kier molecular flexibility index (Phi) is 3.36. The van der Waals surface area contributed by atoms with Crippen LogP contribution in [0.15, 0.2) is 28.9 Å². The number of hydrogen-bond acceptors (Lipinski definition) is 4. The molecule has 2 rings (SSSR count). The number of phenolic OH excluding ortho intramolecular Hbond substituents is 1. The first-order valence-electron chi connectivity index (χ1n) is 4.66. The molecule has 1 heterocycles. The number of carbonyl (C=O) groups is 1. The van der Waals surface area contributed by atoms with Gasteiger partial charge in [0.05, 0.1) is 16.5 Å². The van der Waals surface area contributed by atoms with Gasteiger partial charge in [0, 0.05) is 0 Å². The molecule has 0 aromatic heterocycles. The van der Waals surface area contributed by atoms with Crippen molar-refractivity contribution in [3.8, 4) is 5.75 Å². The lowest BCUT2D eigenvalue weighted by molar-refractivity contribution is -0.136. The number of nitrogens with zero attached hydrogens (tertiary/aromatic N) is 1. The van der Waals surface area contributed by atoms with Crippen LogP contribution in [-0.2, 0) is 9.63 Å². The number of alkyl halides is 1. The molecule has 6 heteroatoms. The van der Waals surface area contributed by atoms with Gasteiger partial charge in [0.25, 0.3) is 0 Å². The number of benzene rings is 1. The molecule has 1 N–H and O–H groups in total. The predicted octanol–water partition coefficient (Wildman–Crippen LogP) is 2.58. The number of halogens is 2. The lowest BCUT2D eigenvalue weighted by Crippen LogP contribution is -2.06. The first-order valence-corrected chi connectivity index (χ1v) is 5.58. The normalized spacial score (nSPS) is 17.2. The fourth-order valence-electron chi connectivity index (χ4n) is 1.33. The highest BCUT2D eigenvalue weighted by molar-refractivity contribution is 6.38. The van der Waals surface area contributed by atoms with Crippen LogP contribution in [0.25, 0.3) is 6.08 Å². The second-order valence-corrected chi connectivity index (χ2v) is 3.99. The third kappa shape index (κ3) is 2.43. The minimum Gasteiger partial charge on any atom is -0.506 e. The molecule has 17 heavy (non-hydrogen) atoms. The molecule has 1 aromatic carbocycles. The van der Waals surface area contributed by atoms with Crippen LogP contribution < -0.4 is 0 Å². The van der Waals surface area contributed by atoms with Crippen molar-refractivity contribution < 1.29 is 14.7 Å². The topological polar surface area (TPSA) is 58.9 Å². The van der Waals surface area contributed by atoms with Crippen LogP contribution >= 0.6 is 23.2 Å². The van der Waals surface area contributed by atoms with Crippen LogP contribution in [0, 0.1) is 0 Å². The molecule has 1 aromatic rings. The van der Waals surface area contributed by atoms with Crippen LogP contribution in [0.5, 0.6) is 5.75 Å². The van der Waals surface area contributed by atoms with Gasteiger partial charge in [-0.2, -0.15) is 0 Å². The van der Waals surface area contributed by atoms with E-state index in [1.165, 1.54) is 12.1 Å². The maximum Gasteiger partial charge on any atom is 0.367 e. The SMILES string of the molecule is O=C1ON=C(CCl)/C1=C\c1ccc(O)c(Cl)c1. The van der Waals surface area contributed by atoms with Gasteiger partial charge in [-0.25, -0.2) is 4.79 Å². The van der Waals surface area contributed by atoms with Crippen molar-refractivity contribution >= 4 is 41.0 Å². The number of carbonyl (C=O) groups excluding carboxylic acids is 1. The summed E-state index contributed by atoms with van der Waals surface area (Å²) < 4.78 is 0. The number of rotatable bonds is 2. The highest BCUT2D eigenvalue weighted by atomic mass is 35.5. The molecule has 1 aliphatic heterocycles. The van der Waals surface area contributed by atoms with E-state index in [4.69, 9.17) is 23.2 Å². The Balaban J connectivity index is 2.38. The van der Waals surface area contributed by atoms with E-state index < -0.39 is 5.97 Å². The van der Waals surface area contributed by atoms with Crippen LogP contribution in [0.3, 0.4) is 0 Å². The van der Waals surface area contributed by atoms with Gasteiger partial charge in [0.1, 0.15) is 11.5 Å². The van der Waals surface area contributed by atoms with Gasteiger partial charge in [0.2, 0.25) is 0 Å². The minimum absolute atomic E-state index is 0.0194. The van der Waals surface area contributed by atoms with E-state index >= 15 is 0 Å². The largest absolute Gasteiger partial charge is 0.506 e. The quantitative estimate of drug-likeness (QED) is 0.511. The number of oxime groups is 1. The maximum atomic E-state index is 11.4. The molecule has 0 saturated heterocycles. The highest BCUT2D eigenvalue weighted by Gasteiger charge is 2.24. The maximum absolute atomic E-state index is 11.4. The van der Waals surface area contributed by atoms with Crippen molar-refractivity contribution in [2.45, 2.75) is 0 Å². The zero-order chi connectivity index (χ0) is 12.4. The number of phenols is 1. The second kappa shape index (κ2) is 4.77. The second-order valence-electron chi connectivity index (χ2n) is 3.32. The Hall–Kier alpha value is -1.52. The Labute approximate surface area is 107 Å². The summed E-state index contributed by atoms with van der Waals surface area (Å²) in [6, 6.07) is 4.58. The third-order valence-corrected chi connectivity index (χ3v) is 2.73. The molecular weight excluding hydrogens is 265 g/mol. The summed E-state index contributed by atoms with van der Waals surface area (Å²) >= 11 is 11.4. The molecule has 0 fully saturated rings. The Morgan fingerprint density at radius 3 is 2.88 bits per heavy atom. The molecule has 0 atom stereocenters. The smallest absolute Gasteiger partial charge is 0.367 e. The molecule has 0 bridgehead atoms. The number of aromatic hydroxyl groups is 1. The Bertz CT molecular complexity index is 538. The average molecular weight is 272 g/mol. The van der Waals surface area contributed by atoms with Crippen LogP contribution in [0.2, 0.25) is 5.02 Å².